The molecular formula is C24H21N5S2. The number of pyridine rings is 1. The first-order valence-corrected chi connectivity index (χ1v) is 11.5. The van der Waals surface area contributed by atoms with Crippen LogP contribution in [0.3, 0.4) is 0 Å². The van der Waals surface area contributed by atoms with Crippen LogP contribution in [0.5, 0.6) is 0 Å². The van der Waals surface area contributed by atoms with E-state index in [1.54, 1.807) is 22.7 Å². The number of aromatic nitrogens is 3. The highest BCUT2D eigenvalue weighted by molar-refractivity contribution is 7.20. The van der Waals surface area contributed by atoms with Gasteiger partial charge in [-0.1, -0.05) is 36.1 Å². The lowest BCUT2D eigenvalue weighted by atomic mass is 10.3. The van der Waals surface area contributed by atoms with Crippen LogP contribution in [0.15, 0.2) is 73.6 Å². The summed E-state index contributed by atoms with van der Waals surface area (Å²) in [4.78, 5) is 11.5. The largest absolute Gasteiger partial charge is 0.355 e. The molecule has 0 amide bonds. The third-order valence-corrected chi connectivity index (χ3v) is 6.88. The van der Waals surface area contributed by atoms with Crippen molar-refractivity contribution < 1.29 is 0 Å². The molecule has 7 heteroatoms. The van der Waals surface area contributed by atoms with Crippen molar-refractivity contribution in [2.24, 2.45) is 0 Å². The number of thiophene rings is 1. The quantitative estimate of drug-likeness (QED) is 0.298. The van der Waals surface area contributed by atoms with E-state index in [9.17, 15) is 0 Å². The lowest BCUT2D eigenvalue weighted by molar-refractivity contribution is 1.18. The molecule has 0 unspecified atom stereocenters. The summed E-state index contributed by atoms with van der Waals surface area (Å²) >= 11 is 3.27. The van der Waals surface area contributed by atoms with Crippen molar-refractivity contribution in [3.05, 3.63) is 89.7 Å². The molecule has 154 valence electrons. The van der Waals surface area contributed by atoms with Crippen molar-refractivity contribution in [1.82, 2.24) is 14.4 Å². The van der Waals surface area contributed by atoms with Crippen LogP contribution in [0.25, 0.3) is 21.9 Å². The summed E-state index contributed by atoms with van der Waals surface area (Å²) in [6.07, 6.45) is 3.98. The number of para-hydroxylation sites is 1. The first kappa shape index (κ1) is 19.5. The maximum absolute atomic E-state index is 4.71. The fourth-order valence-electron chi connectivity index (χ4n) is 3.43. The van der Waals surface area contributed by atoms with Crippen LogP contribution in [0.2, 0.25) is 0 Å². The summed E-state index contributed by atoms with van der Waals surface area (Å²) in [5, 5.41) is 8.66. The number of hydrogen-bond acceptors (Lipinski definition) is 6. The van der Waals surface area contributed by atoms with E-state index in [2.05, 4.69) is 64.0 Å². The first-order valence-electron chi connectivity index (χ1n) is 9.86. The van der Waals surface area contributed by atoms with Gasteiger partial charge in [-0.25, -0.2) is 9.97 Å². The van der Waals surface area contributed by atoms with E-state index in [1.165, 1.54) is 5.56 Å². The zero-order chi connectivity index (χ0) is 21.4. The Labute approximate surface area is 188 Å². The van der Waals surface area contributed by atoms with E-state index in [4.69, 9.17) is 4.98 Å². The number of thiazole rings is 1. The van der Waals surface area contributed by atoms with Crippen molar-refractivity contribution in [2.75, 3.05) is 10.6 Å². The molecule has 0 spiro atoms. The molecule has 0 aliphatic rings. The SMILES string of the molecule is C=C(Nc1ccccc1)c1ccc(Nc2ncc(-c3c(C)nc4cc(C)ccn34)s2)s1. The third kappa shape index (κ3) is 3.97. The molecule has 0 saturated heterocycles. The summed E-state index contributed by atoms with van der Waals surface area (Å²) in [6, 6.07) is 18.4. The lowest BCUT2D eigenvalue weighted by Crippen LogP contribution is -1.94. The Hall–Kier alpha value is -3.42. The fraction of sp³-hybridized carbons (Fsp3) is 0.0833. The number of aryl methyl sites for hydroxylation is 2. The number of anilines is 3. The predicted molar refractivity (Wildman–Crippen MR) is 132 cm³/mol. The van der Waals surface area contributed by atoms with Gasteiger partial charge in [-0.3, -0.25) is 4.40 Å². The topological polar surface area (TPSA) is 54.2 Å². The van der Waals surface area contributed by atoms with E-state index >= 15 is 0 Å². The minimum absolute atomic E-state index is 0.853. The monoisotopic (exact) mass is 443 g/mol. The minimum atomic E-state index is 0.853. The van der Waals surface area contributed by atoms with Crippen LogP contribution < -0.4 is 10.6 Å². The van der Waals surface area contributed by atoms with Gasteiger partial charge in [-0.2, -0.15) is 0 Å². The smallest absolute Gasteiger partial charge is 0.188 e. The van der Waals surface area contributed by atoms with E-state index < -0.39 is 0 Å². The molecule has 0 bridgehead atoms. The molecule has 5 rings (SSSR count). The number of fused-ring (bicyclic) bond motifs is 1. The molecule has 0 aliphatic heterocycles. The molecule has 4 heterocycles. The van der Waals surface area contributed by atoms with Gasteiger partial charge in [0.2, 0.25) is 0 Å². The molecule has 0 atom stereocenters. The molecule has 1 aromatic carbocycles. The minimum Gasteiger partial charge on any atom is -0.355 e. The van der Waals surface area contributed by atoms with Gasteiger partial charge < -0.3 is 10.6 Å². The number of benzene rings is 1. The standard InChI is InChI=1S/C24H21N5S2/c1-15-11-12-29-21(13-15)27-17(3)23(29)20-14-25-24(31-20)28-22-10-9-19(30-22)16(2)26-18-7-5-4-6-8-18/h4-14,26H,2H2,1,3H3,(H,25,28). The highest BCUT2D eigenvalue weighted by Crippen LogP contribution is 2.35. The van der Waals surface area contributed by atoms with Crippen molar-refractivity contribution in [2.45, 2.75) is 13.8 Å². The zero-order valence-corrected chi connectivity index (χ0v) is 18.8. The number of hydrogen-bond donors (Lipinski definition) is 2. The van der Waals surface area contributed by atoms with Gasteiger partial charge in [0.25, 0.3) is 0 Å². The second-order valence-corrected chi connectivity index (χ2v) is 9.38. The van der Waals surface area contributed by atoms with Crippen LogP contribution in [0.4, 0.5) is 15.8 Å². The number of nitrogens with zero attached hydrogens (tertiary/aromatic N) is 3. The summed E-state index contributed by atoms with van der Waals surface area (Å²) in [5.41, 5.74) is 6.16. The normalized spacial score (nSPS) is 11.0. The molecule has 0 radical (unpaired) electrons. The molecule has 0 fully saturated rings. The molecule has 0 aliphatic carbocycles. The summed E-state index contributed by atoms with van der Waals surface area (Å²) in [6.45, 7) is 8.30. The van der Waals surface area contributed by atoms with Gasteiger partial charge in [0.15, 0.2) is 5.13 Å². The van der Waals surface area contributed by atoms with Crippen molar-refractivity contribution in [1.29, 1.82) is 0 Å². The van der Waals surface area contributed by atoms with Gasteiger partial charge in [-0.05, 0) is 55.8 Å². The van der Waals surface area contributed by atoms with Crippen LogP contribution in [-0.2, 0) is 0 Å². The van der Waals surface area contributed by atoms with Gasteiger partial charge in [0.05, 0.1) is 26.1 Å². The Morgan fingerprint density at radius 1 is 1.03 bits per heavy atom. The van der Waals surface area contributed by atoms with Crippen LogP contribution in [-0.4, -0.2) is 14.4 Å². The number of nitrogens with one attached hydrogen (secondary N) is 2. The summed E-state index contributed by atoms with van der Waals surface area (Å²) < 4.78 is 2.13. The van der Waals surface area contributed by atoms with Crippen molar-refractivity contribution in [3.63, 3.8) is 0 Å². The third-order valence-electron chi connectivity index (χ3n) is 4.90. The molecule has 5 aromatic rings. The molecule has 2 N–H and O–H groups in total. The average molecular weight is 444 g/mol. The highest BCUT2D eigenvalue weighted by atomic mass is 32.1. The Bertz CT molecular complexity index is 1380. The van der Waals surface area contributed by atoms with Crippen molar-refractivity contribution in [3.8, 4) is 10.6 Å². The second-order valence-electron chi connectivity index (χ2n) is 7.27. The molecule has 0 saturated carbocycles. The second kappa shape index (κ2) is 8.02. The highest BCUT2D eigenvalue weighted by Gasteiger charge is 2.15. The Balaban J connectivity index is 1.34. The maximum atomic E-state index is 4.71. The van der Waals surface area contributed by atoms with Gasteiger partial charge >= 0.3 is 0 Å². The van der Waals surface area contributed by atoms with Gasteiger partial charge in [0, 0.05) is 23.8 Å². The summed E-state index contributed by atoms with van der Waals surface area (Å²) in [7, 11) is 0. The zero-order valence-electron chi connectivity index (χ0n) is 17.2. The van der Waals surface area contributed by atoms with E-state index in [1.807, 2.05) is 43.5 Å². The predicted octanol–water partition coefficient (Wildman–Crippen LogP) is 6.96. The van der Waals surface area contributed by atoms with E-state index in [0.717, 1.165) is 48.3 Å². The van der Waals surface area contributed by atoms with Crippen LogP contribution >= 0.6 is 22.7 Å². The van der Waals surface area contributed by atoms with E-state index in [0.29, 0.717) is 0 Å². The number of imidazole rings is 1. The first-order chi connectivity index (χ1) is 15.1. The Morgan fingerprint density at radius 3 is 2.71 bits per heavy atom. The summed E-state index contributed by atoms with van der Waals surface area (Å²) in [5.74, 6) is 0. The number of rotatable bonds is 6. The Kier molecular flexibility index (Phi) is 5.05. The maximum Gasteiger partial charge on any atom is 0.188 e. The molecule has 4 aromatic heterocycles. The van der Waals surface area contributed by atoms with Crippen LogP contribution in [0.1, 0.15) is 16.1 Å². The van der Waals surface area contributed by atoms with E-state index in [-0.39, 0.29) is 0 Å². The van der Waals surface area contributed by atoms with Gasteiger partial charge in [0.1, 0.15) is 5.65 Å². The fourth-order valence-corrected chi connectivity index (χ4v) is 5.25. The van der Waals surface area contributed by atoms with Gasteiger partial charge in [-0.15, -0.1) is 11.3 Å². The Morgan fingerprint density at radius 2 is 1.87 bits per heavy atom. The van der Waals surface area contributed by atoms with Crippen molar-refractivity contribution >= 4 is 49.8 Å². The molecule has 31 heavy (non-hydrogen) atoms. The molecule has 5 nitrogen and oxygen atoms in total. The average Bonchev–Trinajstić information content (AvgIpc) is 3.47. The lowest BCUT2D eigenvalue weighted by Gasteiger charge is -2.07. The van der Waals surface area contributed by atoms with Crippen LogP contribution in [0, 0.1) is 13.8 Å². The molecular weight excluding hydrogens is 422 g/mol.